The zero-order valence-corrected chi connectivity index (χ0v) is 11.5. The summed E-state index contributed by atoms with van der Waals surface area (Å²) >= 11 is 0. The highest BCUT2D eigenvalue weighted by molar-refractivity contribution is 5.89. The molecule has 0 spiro atoms. The topological polar surface area (TPSA) is 50.4 Å². The number of urea groups is 1. The Hall–Kier alpha value is -1.71. The van der Waals surface area contributed by atoms with E-state index in [1.165, 1.54) is 0 Å². The Kier molecular flexibility index (Phi) is 5.49. The molecule has 1 aromatic rings. The van der Waals surface area contributed by atoms with Crippen LogP contribution >= 0.6 is 0 Å². The Morgan fingerprint density at radius 2 is 2.11 bits per heavy atom. The number of rotatable bonds is 5. The standard InChI is InChI=1S/C14H22N2O2/c1-5-18-13-8-12(7-6-11(13)4)16-14(17)15-9-10(2)3/h6-8,10H,5,9H2,1-4H3,(H2,15,16,17). The normalized spacial score (nSPS) is 10.3. The molecule has 100 valence electrons. The third-order valence-electron chi connectivity index (χ3n) is 2.42. The fourth-order valence-corrected chi connectivity index (χ4v) is 1.46. The van der Waals surface area contributed by atoms with E-state index in [9.17, 15) is 4.79 Å². The van der Waals surface area contributed by atoms with Crippen LogP contribution in [0.15, 0.2) is 18.2 Å². The maximum atomic E-state index is 11.6. The first-order valence-corrected chi connectivity index (χ1v) is 6.31. The van der Waals surface area contributed by atoms with Gasteiger partial charge in [-0.15, -0.1) is 0 Å². The van der Waals surface area contributed by atoms with Crippen molar-refractivity contribution >= 4 is 11.7 Å². The third kappa shape index (κ3) is 4.65. The SMILES string of the molecule is CCOc1cc(NC(=O)NCC(C)C)ccc1C. The van der Waals surface area contributed by atoms with Crippen molar-refractivity contribution in [1.29, 1.82) is 0 Å². The van der Waals surface area contributed by atoms with E-state index in [2.05, 4.69) is 24.5 Å². The molecule has 18 heavy (non-hydrogen) atoms. The van der Waals surface area contributed by atoms with Crippen LogP contribution in [0.5, 0.6) is 5.75 Å². The summed E-state index contributed by atoms with van der Waals surface area (Å²) in [7, 11) is 0. The molecular weight excluding hydrogens is 228 g/mol. The second-order valence-electron chi connectivity index (χ2n) is 4.64. The lowest BCUT2D eigenvalue weighted by Gasteiger charge is -2.12. The van der Waals surface area contributed by atoms with Gasteiger partial charge in [-0.25, -0.2) is 4.79 Å². The predicted molar refractivity (Wildman–Crippen MR) is 74.2 cm³/mol. The highest BCUT2D eigenvalue weighted by Gasteiger charge is 2.05. The van der Waals surface area contributed by atoms with Gasteiger partial charge in [-0.3, -0.25) is 0 Å². The van der Waals surface area contributed by atoms with Gasteiger partial charge in [-0.1, -0.05) is 19.9 Å². The second-order valence-corrected chi connectivity index (χ2v) is 4.64. The molecule has 1 rings (SSSR count). The highest BCUT2D eigenvalue weighted by atomic mass is 16.5. The average Bonchev–Trinajstić information content (AvgIpc) is 2.31. The maximum Gasteiger partial charge on any atom is 0.319 e. The third-order valence-corrected chi connectivity index (χ3v) is 2.42. The van der Waals surface area contributed by atoms with Crippen LogP contribution in [-0.4, -0.2) is 19.2 Å². The van der Waals surface area contributed by atoms with E-state index < -0.39 is 0 Å². The predicted octanol–water partition coefficient (Wildman–Crippen LogP) is 3.17. The van der Waals surface area contributed by atoms with Gasteiger partial charge in [0.25, 0.3) is 0 Å². The smallest absolute Gasteiger partial charge is 0.319 e. The molecule has 4 nitrogen and oxygen atoms in total. The van der Waals surface area contributed by atoms with Crippen molar-refractivity contribution in [2.24, 2.45) is 5.92 Å². The number of carbonyl (C=O) groups is 1. The van der Waals surface area contributed by atoms with Crippen molar-refractivity contribution < 1.29 is 9.53 Å². The lowest BCUT2D eigenvalue weighted by atomic mass is 10.2. The summed E-state index contributed by atoms with van der Waals surface area (Å²) in [5, 5.41) is 5.60. The van der Waals surface area contributed by atoms with Crippen molar-refractivity contribution in [2.75, 3.05) is 18.5 Å². The minimum atomic E-state index is -0.185. The molecule has 0 heterocycles. The number of hydrogen-bond acceptors (Lipinski definition) is 2. The van der Waals surface area contributed by atoms with E-state index in [1.54, 1.807) is 0 Å². The molecule has 4 heteroatoms. The molecule has 2 amide bonds. The van der Waals surface area contributed by atoms with Crippen LogP contribution in [0.3, 0.4) is 0 Å². The van der Waals surface area contributed by atoms with Crippen LogP contribution in [0.1, 0.15) is 26.3 Å². The molecule has 0 saturated carbocycles. The summed E-state index contributed by atoms with van der Waals surface area (Å²) in [4.78, 5) is 11.6. The number of benzene rings is 1. The number of amides is 2. The zero-order valence-electron chi connectivity index (χ0n) is 11.5. The molecule has 0 aliphatic heterocycles. The van der Waals surface area contributed by atoms with Crippen LogP contribution in [0.2, 0.25) is 0 Å². The molecule has 0 bridgehead atoms. The fraction of sp³-hybridized carbons (Fsp3) is 0.500. The van der Waals surface area contributed by atoms with Gasteiger partial charge in [0.15, 0.2) is 0 Å². The molecule has 0 aliphatic rings. The van der Waals surface area contributed by atoms with E-state index in [1.807, 2.05) is 32.0 Å². The first-order chi connectivity index (χ1) is 8.52. The fourth-order valence-electron chi connectivity index (χ4n) is 1.46. The molecule has 0 saturated heterocycles. The second kappa shape index (κ2) is 6.89. The van der Waals surface area contributed by atoms with Crippen molar-refractivity contribution in [1.82, 2.24) is 5.32 Å². The van der Waals surface area contributed by atoms with E-state index in [0.29, 0.717) is 19.1 Å². The van der Waals surface area contributed by atoms with Crippen molar-refractivity contribution in [3.63, 3.8) is 0 Å². The first kappa shape index (κ1) is 14.4. The zero-order chi connectivity index (χ0) is 13.5. The summed E-state index contributed by atoms with van der Waals surface area (Å²) in [6, 6.07) is 5.46. The summed E-state index contributed by atoms with van der Waals surface area (Å²) < 4.78 is 5.49. The molecule has 2 N–H and O–H groups in total. The molecule has 0 radical (unpaired) electrons. The summed E-state index contributed by atoms with van der Waals surface area (Å²) in [6.07, 6.45) is 0. The van der Waals surface area contributed by atoms with Crippen LogP contribution in [-0.2, 0) is 0 Å². The van der Waals surface area contributed by atoms with Crippen molar-refractivity contribution in [3.8, 4) is 5.75 Å². The number of aryl methyl sites for hydroxylation is 1. The van der Waals surface area contributed by atoms with Crippen LogP contribution in [0.4, 0.5) is 10.5 Å². The summed E-state index contributed by atoms with van der Waals surface area (Å²) in [5.41, 5.74) is 1.80. The van der Waals surface area contributed by atoms with Gasteiger partial charge in [0, 0.05) is 18.3 Å². The van der Waals surface area contributed by atoms with Gasteiger partial charge in [-0.05, 0) is 31.4 Å². The number of anilines is 1. The average molecular weight is 250 g/mol. The molecular formula is C14H22N2O2. The van der Waals surface area contributed by atoms with Gasteiger partial charge >= 0.3 is 6.03 Å². The Morgan fingerprint density at radius 1 is 1.39 bits per heavy atom. The van der Waals surface area contributed by atoms with Crippen LogP contribution in [0.25, 0.3) is 0 Å². The summed E-state index contributed by atoms with van der Waals surface area (Å²) in [5.74, 6) is 1.24. The Balaban J connectivity index is 2.61. The van der Waals surface area contributed by atoms with E-state index in [-0.39, 0.29) is 6.03 Å². The number of nitrogens with one attached hydrogen (secondary N) is 2. The number of carbonyl (C=O) groups excluding carboxylic acids is 1. The minimum absolute atomic E-state index is 0.185. The molecule has 0 unspecified atom stereocenters. The maximum absolute atomic E-state index is 11.6. The van der Waals surface area contributed by atoms with E-state index >= 15 is 0 Å². The lowest BCUT2D eigenvalue weighted by molar-refractivity contribution is 0.251. The highest BCUT2D eigenvalue weighted by Crippen LogP contribution is 2.22. The molecule has 0 atom stereocenters. The minimum Gasteiger partial charge on any atom is -0.494 e. The lowest BCUT2D eigenvalue weighted by Crippen LogP contribution is -2.31. The summed E-state index contributed by atoms with van der Waals surface area (Å²) in [6.45, 7) is 9.31. The van der Waals surface area contributed by atoms with Gasteiger partial charge in [0.2, 0.25) is 0 Å². The largest absolute Gasteiger partial charge is 0.494 e. The van der Waals surface area contributed by atoms with Crippen LogP contribution in [0, 0.1) is 12.8 Å². The number of hydrogen-bond donors (Lipinski definition) is 2. The first-order valence-electron chi connectivity index (χ1n) is 6.31. The monoisotopic (exact) mass is 250 g/mol. The van der Waals surface area contributed by atoms with Gasteiger partial charge < -0.3 is 15.4 Å². The van der Waals surface area contributed by atoms with Gasteiger partial charge in [-0.2, -0.15) is 0 Å². The molecule has 1 aromatic carbocycles. The Labute approximate surface area is 109 Å². The van der Waals surface area contributed by atoms with Crippen molar-refractivity contribution in [3.05, 3.63) is 23.8 Å². The Morgan fingerprint density at radius 3 is 2.72 bits per heavy atom. The molecule has 0 aliphatic carbocycles. The van der Waals surface area contributed by atoms with Crippen LogP contribution < -0.4 is 15.4 Å². The van der Waals surface area contributed by atoms with Crippen molar-refractivity contribution in [2.45, 2.75) is 27.7 Å². The number of ether oxygens (including phenoxy) is 1. The quantitative estimate of drug-likeness (QED) is 0.843. The van der Waals surface area contributed by atoms with E-state index in [4.69, 9.17) is 4.74 Å². The molecule has 0 fully saturated rings. The Bertz CT molecular complexity index is 403. The molecule has 0 aromatic heterocycles. The van der Waals surface area contributed by atoms with E-state index in [0.717, 1.165) is 17.0 Å². The van der Waals surface area contributed by atoms with Gasteiger partial charge in [0.1, 0.15) is 5.75 Å². The van der Waals surface area contributed by atoms with Gasteiger partial charge in [0.05, 0.1) is 6.61 Å².